The van der Waals surface area contributed by atoms with E-state index in [1.54, 1.807) is 10.9 Å². The molecule has 0 saturated carbocycles. The lowest BCUT2D eigenvalue weighted by Gasteiger charge is -2.08. The van der Waals surface area contributed by atoms with E-state index in [9.17, 15) is 0 Å². The molecule has 0 unspecified atom stereocenters. The Morgan fingerprint density at radius 3 is 2.89 bits per heavy atom. The molecule has 2 rings (SSSR count). The molecule has 0 atom stereocenters. The quantitative estimate of drug-likeness (QED) is 0.886. The maximum atomic E-state index is 8.65. The number of nitrogens with zero attached hydrogens (tertiary/aromatic N) is 3. The van der Waals surface area contributed by atoms with E-state index in [0.29, 0.717) is 13.2 Å². The molecule has 1 aromatic heterocycles. The van der Waals surface area contributed by atoms with E-state index >= 15 is 0 Å². The molecule has 0 bridgehead atoms. The summed E-state index contributed by atoms with van der Waals surface area (Å²) in [6, 6.07) is 7.96. The number of hydrogen-bond acceptors (Lipinski definition) is 4. The predicted molar refractivity (Wildman–Crippen MR) is 72.3 cm³/mol. The molecule has 5 heteroatoms. The molecule has 98 valence electrons. The normalized spacial score (nSPS) is 10.2. The van der Waals surface area contributed by atoms with Gasteiger partial charge < -0.3 is 10.5 Å². The standard InChI is InChI=1S/C14H16N4O/c1-2-19-14-6-11(8-16)5-12(7-14)13-9-17-18(10-13)4-3-15/h5-7,9-10H,2,4,8,16H2,1H3. The van der Waals surface area contributed by atoms with Gasteiger partial charge in [-0.3, -0.25) is 4.68 Å². The molecule has 1 heterocycles. The van der Waals surface area contributed by atoms with E-state index in [-0.39, 0.29) is 6.54 Å². The maximum Gasteiger partial charge on any atom is 0.128 e. The Labute approximate surface area is 112 Å². The SMILES string of the molecule is CCOc1cc(CN)cc(-c2cnn(CC#N)c2)c1. The van der Waals surface area contributed by atoms with Crippen LogP contribution in [0.5, 0.6) is 5.75 Å². The van der Waals surface area contributed by atoms with Gasteiger partial charge in [0.2, 0.25) is 0 Å². The van der Waals surface area contributed by atoms with E-state index in [4.69, 9.17) is 15.7 Å². The largest absolute Gasteiger partial charge is 0.494 e. The molecule has 2 aromatic rings. The van der Waals surface area contributed by atoms with Crippen molar-refractivity contribution in [2.45, 2.75) is 20.0 Å². The number of ether oxygens (including phenoxy) is 1. The molecule has 5 nitrogen and oxygen atoms in total. The molecule has 0 aliphatic rings. The van der Waals surface area contributed by atoms with Gasteiger partial charge in [-0.05, 0) is 36.2 Å². The summed E-state index contributed by atoms with van der Waals surface area (Å²) in [7, 11) is 0. The molecule has 0 radical (unpaired) electrons. The Morgan fingerprint density at radius 1 is 1.37 bits per heavy atom. The summed E-state index contributed by atoms with van der Waals surface area (Å²) in [6.45, 7) is 3.26. The van der Waals surface area contributed by atoms with Crippen molar-refractivity contribution in [1.29, 1.82) is 5.26 Å². The van der Waals surface area contributed by atoms with Gasteiger partial charge in [0.1, 0.15) is 12.3 Å². The highest BCUT2D eigenvalue weighted by Gasteiger charge is 2.06. The second-order valence-corrected chi connectivity index (χ2v) is 4.09. The molecular formula is C14H16N4O. The van der Waals surface area contributed by atoms with Crippen LogP contribution in [-0.2, 0) is 13.1 Å². The van der Waals surface area contributed by atoms with Gasteiger partial charge in [-0.25, -0.2) is 0 Å². The zero-order valence-corrected chi connectivity index (χ0v) is 10.8. The summed E-state index contributed by atoms with van der Waals surface area (Å²) in [5.41, 5.74) is 8.65. The van der Waals surface area contributed by atoms with Crippen LogP contribution < -0.4 is 10.5 Å². The third-order valence-electron chi connectivity index (χ3n) is 2.71. The van der Waals surface area contributed by atoms with Crippen molar-refractivity contribution in [2.75, 3.05) is 6.61 Å². The van der Waals surface area contributed by atoms with Gasteiger partial charge in [0.05, 0.1) is 18.9 Å². The van der Waals surface area contributed by atoms with E-state index in [0.717, 1.165) is 22.4 Å². The van der Waals surface area contributed by atoms with Crippen LogP contribution in [0.25, 0.3) is 11.1 Å². The van der Waals surface area contributed by atoms with Crippen molar-refractivity contribution in [3.8, 4) is 22.9 Å². The molecular weight excluding hydrogens is 240 g/mol. The summed E-state index contributed by atoms with van der Waals surface area (Å²) in [5, 5.41) is 12.8. The summed E-state index contributed by atoms with van der Waals surface area (Å²) in [5.74, 6) is 0.800. The van der Waals surface area contributed by atoms with Crippen LogP contribution in [0.1, 0.15) is 12.5 Å². The van der Waals surface area contributed by atoms with Crippen LogP contribution in [0.4, 0.5) is 0 Å². The predicted octanol–water partition coefficient (Wildman–Crippen LogP) is 1.93. The van der Waals surface area contributed by atoms with Crippen molar-refractivity contribution < 1.29 is 4.74 Å². The first-order chi connectivity index (χ1) is 9.26. The van der Waals surface area contributed by atoms with Crippen molar-refractivity contribution in [2.24, 2.45) is 5.73 Å². The van der Waals surface area contributed by atoms with E-state index in [1.807, 2.05) is 31.3 Å². The summed E-state index contributed by atoms with van der Waals surface area (Å²) in [6.07, 6.45) is 3.58. The Morgan fingerprint density at radius 2 is 2.21 bits per heavy atom. The zero-order valence-electron chi connectivity index (χ0n) is 10.8. The fraction of sp³-hybridized carbons (Fsp3) is 0.286. The molecule has 0 spiro atoms. The highest BCUT2D eigenvalue weighted by molar-refractivity contribution is 5.64. The highest BCUT2D eigenvalue weighted by Crippen LogP contribution is 2.26. The smallest absolute Gasteiger partial charge is 0.128 e. The fourth-order valence-corrected chi connectivity index (χ4v) is 1.87. The molecule has 0 aliphatic heterocycles. The topological polar surface area (TPSA) is 76.9 Å². The number of benzene rings is 1. The van der Waals surface area contributed by atoms with Crippen molar-refractivity contribution in [1.82, 2.24) is 9.78 Å². The summed E-state index contributed by atoms with van der Waals surface area (Å²) < 4.78 is 7.13. The molecule has 2 N–H and O–H groups in total. The van der Waals surface area contributed by atoms with Gasteiger partial charge in [0, 0.05) is 18.3 Å². The highest BCUT2D eigenvalue weighted by atomic mass is 16.5. The average Bonchev–Trinajstić information content (AvgIpc) is 2.88. The second-order valence-electron chi connectivity index (χ2n) is 4.09. The lowest BCUT2D eigenvalue weighted by Crippen LogP contribution is -1.99. The lowest BCUT2D eigenvalue weighted by atomic mass is 10.1. The minimum atomic E-state index is 0.245. The van der Waals surface area contributed by atoms with Crippen LogP contribution in [0, 0.1) is 11.3 Å². The third-order valence-corrected chi connectivity index (χ3v) is 2.71. The van der Waals surface area contributed by atoms with Gasteiger partial charge in [-0.1, -0.05) is 0 Å². The number of nitrogens with two attached hydrogens (primary N) is 1. The average molecular weight is 256 g/mol. The first-order valence-corrected chi connectivity index (χ1v) is 6.13. The van der Waals surface area contributed by atoms with Crippen LogP contribution in [-0.4, -0.2) is 16.4 Å². The van der Waals surface area contributed by atoms with Gasteiger partial charge in [0.15, 0.2) is 0 Å². The molecule has 0 saturated heterocycles. The van der Waals surface area contributed by atoms with Crippen LogP contribution in [0.3, 0.4) is 0 Å². The number of nitriles is 1. The second kappa shape index (κ2) is 6.03. The Kier molecular flexibility index (Phi) is 4.16. The third kappa shape index (κ3) is 3.12. The fourth-order valence-electron chi connectivity index (χ4n) is 1.87. The van der Waals surface area contributed by atoms with Crippen molar-refractivity contribution in [3.05, 3.63) is 36.2 Å². The van der Waals surface area contributed by atoms with E-state index in [2.05, 4.69) is 11.2 Å². The van der Waals surface area contributed by atoms with Crippen LogP contribution >= 0.6 is 0 Å². The van der Waals surface area contributed by atoms with E-state index < -0.39 is 0 Å². The Balaban J connectivity index is 2.36. The number of aromatic nitrogens is 2. The van der Waals surface area contributed by atoms with Crippen LogP contribution in [0.2, 0.25) is 0 Å². The van der Waals surface area contributed by atoms with Gasteiger partial charge >= 0.3 is 0 Å². The molecule has 1 aromatic carbocycles. The molecule has 19 heavy (non-hydrogen) atoms. The van der Waals surface area contributed by atoms with Gasteiger partial charge in [0.25, 0.3) is 0 Å². The number of hydrogen-bond donors (Lipinski definition) is 1. The zero-order chi connectivity index (χ0) is 13.7. The monoisotopic (exact) mass is 256 g/mol. The Hall–Kier alpha value is -2.32. The summed E-state index contributed by atoms with van der Waals surface area (Å²) in [4.78, 5) is 0. The maximum absolute atomic E-state index is 8.65. The van der Waals surface area contributed by atoms with Crippen LogP contribution in [0.15, 0.2) is 30.6 Å². The van der Waals surface area contributed by atoms with Crippen molar-refractivity contribution in [3.63, 3.8) is 0 Å². The first kappa shape index (κ1) is 13.1. The molecule has 0 amide bonds. The molecule has 0 aliphatic carbocycles. The minimum Gasteiger partial charge on any atom is -0.494 e. The molecule has 0 fully saturated rings. The van der Waals surface area contributed by atoms with Gasteiger partial charge in [-0.15, -0.1) is 0 Å². The number of rotatable bonds is 5. The van der Waals surface area contributed by atoms with Gasteiger partial charge in [-0.2, -0.15) is 10.4 Å². The van der Waals surface area contributed by atoms with E-state index in [1.165, 1.54) is 0 Å². The first-order valence-electron chi connectivity index (χ1n) is 6.13. The minimum absolute atomic E-state index is 0.245. The van der Waals surface area contributed by atoms with Crippen molar-refractivity contribution >= 4 is 0 Å². The Bertz CT molecular complexity index is 598. The summed E-state index contributed by atoms with van der Waals surface area (Å²) >= 11 is 0. The lowest BCUT2D eigenvalue weighted by molar-refractivity contribution is 0.340.